The average molecular weight is 347 g/mol. The minimum Gasteiger partial charge on any atom is -0.421 e. The van der Waals surface area contributed by atoms with Crippen LogP contribution in [0.2, 0.25) is 0 Å². The SMILES string of the molecule is Cc1cccc2c1N(C(=O)CCc1nnc(-c3ccccc3)o1)CCC2. The molecule has 0 atom stereocenters. The second-order valence-corrected chi connectivity index (χ2v) is 6.60. The number of aromatic nitrogens is 2. The molecule has 0 spiro atoms. The van der Waals surface area contributed by atoms with Gasteiger partial charge < -0.3 is 9.32 Å². The highest BCUT2D eigenvalue weighted by Gasteiger charge is 2.24. The molecule has 0 fully saturated rings. The topological polar surface area (TPSA) is 59.2 Å². The number of hydrogen-bond donors (Lipinski definition) is 0. The van der Waals surface area contributed by atoms with Crippen molar-refractivity contribution in [1.29, 1.82) is 0 Å². The quantitative estimate of drug-likeness (QED) is 0.717. The van der Waals surface area contributed by atoms with E-state index in [4.69, 9.17) is 4.42 Å². The van der Waals surface area contributed by atoms with Crippen molar-refractivity contribution in [3.05, 3.63) is 65.5 Å². The van der Waals surface area contributed by atoms with Gasteiger partial charge >= 0.3 is 0 Å². The van der Waals surface area contributed by atoms with Crippen LogP contribution in [0.15, 0.2) is 52.9 Å². The van der Waals surface area contributed by atoms with Crippen molar-refractivity contribution in [1.82, 2.24) is 10.2 Å². The number of fused-ring (bicyclic) bond motifs is 1. The Morgan fingerprint density at radius 1 is 1.12 bits per heavy atom. The van der Waals surface area contributed by atoms with Crippen molar-refractivity contribution in [2.75, 3.05) is 11.4 Å². The van der Waals surface area contributed by atoms with Gasteiger partial charge in [-0.1, -0.05) is 36.4 Å². The van der Waals surface area contributed by atoms with E-state index in [1.807, 2.05) is 35.2 Å². The molecule has 0 unspecified atom stereocenters. The zero-order valence-corrected chi connectivity index (χ0v) is 14.8. The minimum atomic E-state index is 0.111. The van der Waals surface area contributed by atoms with Crippen LogP contribution in [0.3, 0.4) is 0 Å². The van der Waals surface area contributed by atoms with Gasteiger partial charge in [-0.25, -0.2) is 0 Å². The summed E-state index contributed by atoms with van der Waals surface area (Å²) in [6.45, 7) is 2.84. The Labute approximate surface area is 152 Å². The Morgan fingerprint density at radius 3 is 2.81 bits per heavy atom. The van der Waals surface area contributed by atoms with Crippen LogP contribution in [-0.2, 0) is 17.6 Å². The van der Waals surface area contributed by atoms with Gasteiger partial charge in [-0.3, -0.25) is 4.79 Å². The zero-order chi connectivity index (χ0) is 17.9. The van der Waals surface area contributed by atoms with Gasteiger partial charge in [0.2, 0.25) is 17.7 Å². The van der Waals surface area contributed by atoms with Gasteiger partial charge in [0.1, 0.15) is 0 Å². The molecule has 4 rings (SSSR count). The van der Waals surface area contributed by atoms with E-state index in [1.165, 1.54) is 5.56 Å². The summed E-state index contributed by atoms with van der Waals surface area (Å²) in [4.78, 5) is 14.7. The standard InChI is InChI=1S/C21H21N3O2/c1-15-7-5-10-16-11-6-14-24(20(15)16)19(25)13-12-18-22-23-21(26-18)17-8-3-2-4-9-17/h2-5,7-10H,6,11-14H2,1H3. The van der Waals surface area contributed by atoms with Crippen molar-refractivity contribution in [3.8, 4) is 11.5 Å². The largest absolute Gasteiger partial charge is 0.421 e. The van der Waals surface area contributed by atoms with Gasteiger partial charge in [0.25, 0.3) is 0 Å². The normalized spacial score (nSPS) is 13.5. The summed E-state index contributed by atoms with van der Waals surface area (Å²) in [7, 11) is 0. The molecule has 0 saturated heterocycles. The van der Waals surface area contributed by atoms with Gasteiger partial charge in [-0.2, -0.15) is 0 Å². The maximum atomic E-state index is 12.8. The molecule has 132 valence electrons. The lowest BCUT2D eigenvalue weighted by Gasteiger charge is -2.31. The lowest BCUT2D eigenvalue weighted by atomic mass is 9.98. The molecular formula is C21H21N3O2. The van der Waals surface area contributed by atoms with E-state index in [9.17, 15) is 4.79 Å². The van der Waals surface area contributed by atoms with Crippen LogP contribution in [0.4, 0.5) is 5.69 Å². The first kappa shape index (κ1) is 16.5. The van der Waals surface area contributed by atoms with Gasteiger partial charge in [-0.15, -0.1) is 10.2 Å². The molecule has 2 aromatic carbocycles. The Bertz CT molecular complexity index is 918. The van der Waals surface area contributed by atoms with Crippen LogP contribution < -0.4 is 4.90 Å². The van der Waals surface area contributed by atoms with Crippen LogP contribution in [0.1, 0.15) is 29.9 Å². The molecule has 5 nitrogen and oxygen atoms in total. The number of anilines is 1. The maximum Gasteiger partial charge on any atom is 0.247 e. The van der Waals surface area contributed by atoms with Crippen LogP contribution in [-0.4, -0.2) is 22.6 Å². The summed E-state index contributed by atoms with van der Waals surface area (Å²) in [5.74, 6) is 1.10. The lowest BCUT2D eigenvalue weighted by molar-refractivity contribution is -0.118. The number of hydrogen-bond acceptors (Lipinski definition) is 4. The molecule has 26 heavy (non-hydrogen) atoms. The molecule has 1 aromatic heterocycles. The molecule has 5 heteroatoms. The highest BCUT2D eigenvalue weighted by atomic mass is 16.4. The van der Waals surface area contributed by atoms with E-state index < -0.39 is 0 Å². The van der Waals surface area contributed by atoms with Crippen LogP contribution in [0.25, 0.3) is 11.5 Å². The number of carbonyl (C=O) groups is 1. The van der Waals surface area contributed by atoms with Crippen molar-refractivity contribution in [3.63, 3.8) is 0 Å². The van der Waals surface area contributed by atoms with Crippen molar-refractivity contribution < 1.29 is 9.21 Å². The van der Waals surface area contributed by atoms with E-state index in [0.717, 1.165) is 36.2 Å². The van der Waals surface area contributed by atoms with E-state index in [2.05, 4.69) is 35.3 Å². The van der Waals surface area contributed by atoms with E-state index >= 15 is 0 Å². The second kappa shape index (κ2) is 7.12. The number of rotatable bonds is 4. The van der Waals surface area contributed by atoms with Crippen molar-refractivity contribution in [2.24, 2.45) is 0 Å². The number of para-hydroxylation sites is 1. The molecule has 2 heterocycles. The number of nitrogens with zero attached hydrogens (tertiary/aromatic N) is 3. The van der Waals surface area contributed by atoms with Gasteiger partial charge in [-0.05, 0) is 43.0 Å². The summed E-state index contributed by atoms with van der Waals surface area (Å²) in [5, 5.41) is 8.17. The second-order valence-electron chi connectivity index (χ2n) is 6.60. The zero-order valence-electron chi connectivity index (χ0n) is 14.8. The minimum absolute atomic E-state index is 0.111. The third kappa shape index (κ3) is 3.25. The number of benzene rings is 2. The molecule has 0 aliphatic carbocycles. The molecule has 0 bridgehead atoms. The van der Waals surface area contributed by atoms with E-state index in [0.29, 0.717) is 24.6 Å². The molecular weight excluding hydrogens is 326 g/mol. The Hall–Kier alpha value is -2.95. The molecule has 0 saturated carbocycles. The fourth-order valence-corrected chi connectivity index (χ4v) is 3.50. The third-order valence-electron chi connectivity index (χ3n) is 4.76. The summed E-state index contributed by atoms with van der Waals surface area (Å²) >= 11 is 0. The Balaban J connectivity index is 1.45. The van der Waals surface area contributed by atoms with Crippen LogP contribution in [0, 0.1) is 6.92 Å². The van der Waals surface area contributed by atoms with Gasteiger partial charge in [0, 0.05) is 30.6 Å². The monoisotopic (exact) mass is 347 g/mol. The van der Waals surface area contributed by atoms with Gasteiger partial charge in [0.05, 0.1) is 0 Å². The highest BCUT2D eigenvalue weighted by Crippen LogP contribution is 2.31. The predicted molar refractivity (Wildman–Crippen MR) is 99.9 cm³/mol. The van der Waals surface area contributed by atoms with Crippen LogP contribution >= 0.6 is 0 Å². The maximum absolute atomic E-state index is 12.8. The molecule has 1 aliphatic heterocycles. The lowest BCUT2D eigenvalue weighted by Crippen LogP contribution is -2.36. The van der Waals surface area contributed by atoms with Gasteiger partial charge in [0.15, 0.2) is 0 Å². The number of amides is 1. The number of carbonyl (C=O) groups excluding carboxylic acids is 1. The summed E-state index contributed by atoms with van der Waals surface area (Å²) < 4.78 is 5.71. The fraction of sp³-hybridized carbons (Fsp3) is 0.286. The first-order chi connectivity index (χ1) is 12.7. The summed E-state index contributed by atoms with van der Waals surface area (Å²) in [6.07, 6.45) is 2.85. The smallest absolute Gasteiger partial charge is 0.247 e. The van der Waals surface area contributed by atoms with Crippen molar-refractivity contribution in [2.45, 2.75) is 32.6 Å². The Morgan fingerprint density at radius 2 is 1.96 bits per heavy atom. The fourth-order valence-electron chi connectivity index (χ4n) is 3.50. The summed E-state index contributed by atoms with van der Waals surface area (Å²) in [6, 6.07) is 15.9. The average Bonchev–Trinajstić information content (AvgIpc) is 3.16. The van der Waals surface area contributed by atoms with E-state index in [-0.39, 0.29) is 5.91 Å². The first-order valence-corrected chi connectivity index (χ1v) is 8.99. The molecule has 0 N–H and O–H groups in total. The highest BCUT2D eigenvalue weighted by molar-refractivity contribution is 5.95. The molecule has 1 amide bonds. The first-order valence-electron chi connectivity index (χ1n) is 8.99. The summed E-state index contributed by atoms with van der Waals surface area (Å²) in [5.41, 5.74) is 4.38. The molecule has 3 aromatic rings. The molecule has 1 aliphatic rings. The van der Waals surface area contributed by atoms with Crippen molar-refractivity contribution >= 4 is 11.6 Å². The number of aryl methyl sites for hydroxylation is 3. The predicted octanol–water partition coefficient (Wildman–Crippen LogP) is 3.96. The van der Waals surface area contributed by atoms with E-state index in [1.54, 1.807) is 0 Å². The molecule has 0 radical (unpaired) electrons. The Kier molecular flexibility index (Phi) is 4.52. The van der Waals surface area contributed by atoms with Crippen LogP contribution in [0.5, 0.6) is 0 Å². The third-order valence-corrected chi connectivity index (χ3v) is 4.76.